The fourth-order valence-electron chi connectivity index (χ4n) is 2.79. The number of nitro groups is 2. The molecule has 0 aromatic heterocycles. The Morgan fingerprint density at radius 2 is 1.50 bits per heavy atom. The van der Waals surface area contributed by atoms with Crippen molar-refractivity contribution in [1.29, 1.82) is 0 Å². The van der Waals surface area contributed by atoms with Gasteiger partial charge in [-0.2, -0.15) is 4.31 Å². The monoisotopic (exact) mass is 436 g/mol. The molecule has 1 amide bonds. The zero-order valence-electron chi connectivity index (χ0n) is 15.4. The molecule has 0 saturated carbocycles. The first-order valence-corrected chi connectivity index (χ1v) is 10.1. The van der Waals surface area contributed by atoms with Gasteiger partial charge < -0.3 is 10.1 Å². The minimum Gasteiger partial charge on any atom is -0.379 e. The Hall–Kier alpha value is -3.42. The summed E-state index contributed by atoms with van der Waals surface area (Å²) in [5.41, 5.74) is -1.25. The summed E-state index contributed by atoms with van der Waals surface area (Å²) in [5, 5.41) is 24.3. The van der Waals surface area contributed by atoms with Gasteiger partial charge in [0.1, 0.15) is 0 Å². The predicted molar refractivity (Wildman–Crippen MR) is 104 cm³/mol. The average Bonchev–Trinajstić information content (AvgIpc) is 2.74. The quantitative estimate of drug-likeness (QED) is 0.529. The third kappa shape index (κ3) is 4.59. The van der Waals surface area contributed by atoms with Gasteiger partial charge in [-0.05, 0) is 24.3 Å². The van der Waals surface area contributed by atoms with Crippen molar-refractivity contribution >= 4 is 33.0 Å². The lowest BCUT2D eigenvalue weighted by Crippen LogP contribution is -2.40. The van der Waals surface area contributed by atoms with Crippen LogP contribution < -0.4 is 5.32 Å². The van der Waals surface area contributed by atoms with Crippen molar-refractivity contribution < 1.29 is 27.8 Å². The Morgan fingerprint density at radius 1 is 0.967 bits per heavy atom. The van der Waals surface area contributed by atoms with E-state index in [0.717, 1.165) is 18.2 Å². The highest BCUT2D eigenvalue weighted by atomic mass is 32.2. The van der Waals surface area contributed by atoms with Gasteiger partial charge in [-0.1, -0.05) is 0 Å². The Morgan fingerprint density at radius 3 is 2.00 bits per heavy atom. The number of benzene rings is 2. The molecule has 0 atom stereocenters. The van der Waals surface area contributed by atoms with E-state index in [9.17, 15) is 33.4 Å². The zero-order valence-corrected chi connectivity index (χ0v) is 16.2. The van der Waals surface area contributed by atoms with Crippen LogP contribution in [0.4, 0.5) is 17.1 Å². The number of rotatable bonds is 6. The number of amides is 1. The van der Waals surface area contributed by atoms with Crippen molar-refractivity contribution in [3.05, 3.63) is 68.3 Å². The van der Waals surface area contributed by atoms with Gasteiger partial charge >= 0.3 is 0 Å². The lowest BCUT2D eigenvalue weighted by Gasteiger charge is -2.26. The summed E-state index contributed by atoms with van der Waals surface area (Å²) in [5.74, 6) is -0.814. The van der Waals surface area contributed by atoms with E-state index < -0.39 is 37.2 Å². The van der Waals surface area contributed by atoms with Crippen molar-refractivity contribution in [1.82, 2.24) is 4.31 Å². The van der Waals surface area contributed by atoms with Crippen LogP contribution in [0, 0.1) is 20.2 Å². The molecule has 12 nitrogen and oxygen atoms in total. The Bertz CT molecular complexity index is 1060. The number of non-ortho nitro benzene ring substituents is 2. The van der Waals surface area contributed by atoms with Gasteiger partial charge in [0, 0.05) is 30.9 Å². The Balaban J connectivity index is 1.79. The number of nitrogens with one attached hydrogen (secondary N) is 1. The molecule has 1 aliphatic heterocycles. The third-order valence-corrected chi connectivity index (χ3v) is 6.22. The number of sulfonamides is 1. The van der Waals surface area contributed by atoms with E-state index in [0.29, 0.717) is 13.2 Å². The molecule has 0 bridgehead atoms. The summed E-state index contributed by atoms with van der Waals surface area (Å²) in [6, 6.07) is 7.93. The molecule has 2 aromatic carbocycles. The molecule has 1 fully saturated rings. The smallest absolute Gasteiger partial charge is 0.277 e. The molecule has 30 heavy (non-hydrogen) atoms. The van der Waals surface area contributed by atoms with Crippen LogP contribution in [0.2, 0.25) is 0 Å². The zero-order chi connectivity index (χ0) is 21.9. The first-order chi connectivity index (χ1) is 14.2. The van der Waals surface area contributed by atoms with E-state index in [-0.39, 0.29) is 29.2 Å². The van der Waals surface area contributed by atoms with E-state index in [1.807, 2.05) is 0 Å². The van der Waals surface area contributed by atoms with Crippen LogP contribution in [0.5, 0.6) is 0 Å². The highest BCUT2D eigenvalue weighted by Crippen LogP contribution is 2.24. The van der Waals surface area contributed by atoms with Gasteiger partial charge in [-0.3, -0.25) is 25.0 Å². The number of nitro benzene ring substituents is 2. The summed E-state index contributed by atoms with van der Waals surface area (Å²) in [6.07, 6.45) is 0. The maximum Gasteiger partial charge on any atom is 0.277 e. The van der Waals surface area contributed by atoms with Crippen LogP contribution in [0.15, 0.2) is 47.4 Å². The third-order valence-electron chi connectivity index (χ3n) is 4.31. The molecule has 13 heteroatoms. The summed E-state index contributed by atoms with van der Waals surface area (Å²) in [7, 11) is -3.70. The van der Waals surface area contributed by atoms with Gasteiger partial charge in [0.25, 0.3) is 17.3 Å². The van der Waals surface area contributed by atoms with Crippen molar-refractivity contribution in [3.8, 4) is 0 Å². The van der Waals surface area contributed by atoms with Crippen LogP contribution in [0.1, 0.15) is 10.4 Å². The van der Waals surface area contributed by atoms with Crippen LogP contribution >= 0.6 is 0 Å². The van der Waals surface area contributed by atoms with Crippen molar-refractivity contribution in [2.24, 2.45) is 0 Å². The SMILES string of the molecule is O=C(Nc1ccc(S(=O)(=O)N2CCOCC2)cc1)c1cc([N+](=O)[O-])cc([N+](=O)[O-])c1. The Labute approximate surface area is 170 Å². The first kappa shape index (κ1) is 21.3. The minimum atomic E-state index is -3.70. The van der Waals surface area contributed by atoms with Gasteiger partial charge in [0.05, 0.1) is 39.6 Å². The molecule has 158 valence electrons. The second-order valence-electron chi connectivity index (χ2n) is 6.25. The van der Waals surface area contributed by atoms with Crippen molar-refractivity contribution in [2.45, 2.75) is 4.90 Å². The topological polar surface area (TPSA) is 162 Å². The number of carbonyl (C=O) groups excluding carboxylic acids is 1. The number of morpholine rings is 1. The van der Waals surface area contributed by atoms with Crippen LogP contribution in [0.25, 0.3) is 0 Å². The van der Waals surface area contributed by atoms with E-state index in [2.05, 4.69) is 5.32 Å². The molecule has 3 rings (SSSR count). The minimum absolute atomic E-state index is 0.0355. The standard InChI is InChI=1S/C17H16N4O8S/c22-17(12-9-14(20(23)24)11-15(10-12)21(25)26)18-13-1-3-16(4-2-13)30(27,28)19-5-7-29-8-6-19/h1-4,9-11H,5-8H2,(H,18,22). The Kier molecular flexibility index (Phi) is 6.05. The average molecular weight is 436 g/mol. The summed E-state index contributed by atoms with van der Waals surface area (Å²) >= 11 is 0. The number of nitrogens with zero attached hydrogens (tertiary/aromatic N) is 3. The number of hydrogen-bond acceptors (Lipinski definition) is 8. The van der Waals surface area contributed by atoms with Crippen LogP contribution in [0.3, 0.4) is 0 Å². The van der Waals surface area contributed by atoms with Gasteiger partial charge in [0.15, 0.2) is 0 Å². The molecule has 0 unspecified atom stereocenters. The van der Waals surface area contributed by atoms with Gasteiger partial charge in [0.2, 0.25) is 10.0 Å². The second-order valence-corrected chi connectivity index (χ2v) is 8.19. The van der Waals surface area contributed by atoms with E-state index in [1.165, 1.54) is 28.6 Å². The number of ether oxygens (including phenoxy) is 1. The molecule has 0 spiro atoms. The summed E-state index contributed by atoms with van der Waals surface area (Å²) in [4.78, 5) is 32.7. The van der Waals surface area contributed by atoms with E-state index in [4.69, 9.17) is 4.74 Å². The lowest BCUT2D eigenvalue weighted by molar-refractivity contribution is -0.394. The highest BCUT2D eigenvalue weighted by molar-refractivity contribution is 7.89. The molecular weight excluding hydrogens is 420 g/mol. The molecular formula is C17H16N4O8S. The molecule has 2 aromatic rings. The normalized spacial score (nSPS) is 14.8. The first-order valence-electron chi connectivity index (χ1n) is 8.61. The second kappa shape index (κ2) is 8.52. The molecule has 0 radical (unpaired) electrons. The summed E-state index contributed by atoms with van der Waals surface area (Å²) in [6.45, 7) is 1.10. The maximum absolute atomic E-state index is 12.6. The number of hydrogen-bond donors (Lipinski definition) is 1. The predicted octanol–water partition coefficient (Wildman–Crippen LogP) is 1.78. The fraction of sp³-hybridized carbons (Fsp3) is 0.235. The molecule has 0 aliphatic carbocycles. The number of carbonyl (C=O) groups is 1. The molecule has 1 saturated heterocycles. The van der Waals surface area contributed by atoms with Crippen molar-refractivity contribution in [3.63, 3.8) is 0 Å². The van der Waals surface area contributed by atoms with Gasteiger partial charge in [-0.15, -0.1) is 0 Å². The van der Waals surface area contributed by atoms with E-state index in [1.54, 1.807) is 0 Å². The highest BCUT2D eigenvalue weighted by Gasteiger charge is 2.26. The van der Waals surface area contributed by atoms with Crippen LogP contribution in [-0.2, 0) is 14.8 Å². The van der Waals surface area contributed by atoms with Crippen molar-refractivity contribution in [2.75, 3.05) is 31.6 Å². The fourth-order valence-corrected chi connectivity index (χ4v) is 4.19. The van der Waals surface area contributed by atoms with Crippen LogP contribution in [-0.4, -0.2) is 54.8 Å². The molecule has 1 aliphatic rings. The molecule has 1 N–H and O–H groups in total. The number of anilines is 1. The van der Waals surface area contributed by atoms with E-state index >= 15 is 0 Å². The molecule has 1 heterocycles. The largest absolute Gasteiger partial charge is 0.379 e. The summed E-state index contributed by atoms with van der Waals surface area (Å²) < 4.78 is 31.6. The van der Waals surface area contributed by atoms with Gasteiger partial charge in [-0.25, -0.2) is 8.42 Å². The maximum atomic E-state index is 12.6. The lowest BCUT2D eigenvalue weighted by atomic mass is 10.1.